The Morgan fingerprint density at radius 3 is 2.61 bits per heavy atom. The number of hydrogen-bond donors (Lipinski definition) is 1. The molecule has 0 aliphatic carbocycles. The molecule has 3 rings (SSSR count). The summed E-state index contributed by atoms with van der Waals surface area (Å²) in [5.41, 5.74) is 1.09. The van der Waals surface area contributed by atoms with Crippen LogP contribution in [0, 0.1) is 10.1 Å². The van der Waals surface area contributed by atoms with E-state index in [0.29, 0.717) is 16.3 Å². The third-order valence-corrected chi connectivity index (χ3v) is 3.86. The number of carbonyl (C=O) groups excluding carboxylic acids is 1. The van der Waals surface area contributed by atoms with E-state index in [0.717, 1.165) is 0 Å². The average molecular weight is 333 g/mol. The van der Waals surface area contributed by atoms with Gasteiger partial charge in [0, 0.05) is 6.07 Å². The molecule has 118 valence electrons. The fraction of sp³-hybridized carbons (Fsp3) is 0.133. The molecule has 1 fully saturated rings. The van der Waals surface area contributed by atoms with Crippen LogP contribution in [-0.2, 0) is 6.54 Å². The molecule has 23 heavy (non-hydrogen) atoms. The molecule has 0 aromatic heterocycles. The highest BCUT2D eigenvalue weighted by molar-refractivity contribution is 6.33. The smallest absolute Gasteiger partial charge is 0.317 e. The lowest BCUT2D eigenvalue weighted by molar-refractivity contribution is -0.385. The molecular weight excluding hydrogens is 320 g/mol. The van der Waals surface area contributed by atoms with Crippen molar-refractivity contribution in [3.05, 3.63) is 69.2 Å². The first-order chi connectivity index (χ1) is 11.1. The maximum Gasteiger partial charge on any atom is 0.338 e. The molecule has 1 aliphatic heterocycles. The monoisotopic (exact) mass is 332 g/mol. The van der Waals surface area contributed by atoms with Gasteiger partial charge in [0.2, 0.25) is 0 Å². The number of amides is 2. The SMILES string of the molecule is O=C1NCN(c2ccccc2Cl)N1Cc1ccccc1[N+](=O)[O-]. The molecule has 7 nitrogen and oxygen atoms in total. The molecule has 1 heterocycles. The summed E-state index contributed by atoms with van der Waals surface area (Å²) in [6.07, 6.45) is 0. The van der Waals surface area contributed by atoms with E-state index in [1.54, 1.807) is 41.4 Å². The molecule has 2 aromatic carbocycles. The molecule has 2 aromatic rings. The normalized spacial score (nSPS) is 14.0. The van der Waals surface area contributed by atoms with Crippen LogP contribution >= 0.6 is 11.6 Å². The number of nitro benzene ring substituents is 1. The number of halogens is 1. The van der Waals surface area contributed by atoms with Crippen LogP contribution in [0.2, 0.25) is 5.02 Å². The summed E-state index contributed by atoms with van der Waals surface area (Å²) < 4.78 is 0. The second kappa shape index (κ2) is 6.13. The van der Waals surface area contributed by atoms with Crippen LogP contribution in [-0.4, -0.2) is 22.6 Å². The predicted octanol–water partition coefficient (Wildman–Crippen LogP) is 3.15. The molecular formula is C15H13ClN4O3. The van der Waals surface area contributed by atoms with Gasteiger partial charge in [0.15, 0.2) is 0 Å². The number of urea groups is 1. The number of carbonyl (C=O) groups is 1. The summed E-state index contributed by atoms with van der Waals surface area (Å²) in [7, 11) is 0. The fourth-order valence-corrected chi connectivity index (χ4v) is 2.68. The average Bonchev–Trinajstić information content (AvgIpc) is 2.89. The van der Waals surface area contributed by atoms with Crippen molar-refractivity contribution in [3.63, 3.8) is 0 Å². The Morgan fingerprint density at radius 2 is 1.87 bits per heavy atom. The van der Waals surface area contributed by atoms with Crippen LogP contribution in [0.25, 0.3) is 0 Å². The summed E-state index contributed by atoms with van der Waals surface area (Å²) in [5.74, 6) is 0. The predicted molar refractivity (Wildman–Crippen MR) is 86.0 cm³/mol. The van der Waals surface area contributed by atoms with E-state index >= 15 is 0 Å². The van der Waals surface area contributed by atoms with Crippen molar-refractivity contribution < 1.29 is 9.72 Å². The van der Waals surface area contributed by atoms with Crippen LogP contribution in [0.3, 0.4) is 0 Å². The minimum Gasteiger partial charge on any atom is -0.317 e. The molecule has 8 heteroatoms. The van der Waals surface area contributed by atoms with Crippen molar-refractivity contribution in [3.8, 4) is 0 Å². The Bertz CT molecular complexity index is 768. The zero-order valence-electron chi connectivity index (χ0n) is 12.0. The summed E-state index contributed by atoms with van der Waals surface area (Å²) >= 11 is 6.19. The number of hydrazine groups is 1. The Kier molecular flexibility index (Phi) is 4.03. The van der Waals surface area contributed by atoms with Gasteiger partial charge in [0.05, 0.1) is 27.7 Å². The topological polar surface area (TPSA) is 78.7 Å². The zero-order valence-corrected chi connectivity index (χ0v) is 12.7. The number of rotatable bonds is 4. The number of benzene rings is 2. The minimum absolute atomic E-state index is 0.0219. The van der Waals surface area contributed by atoms with Crippen molar-refractivity contribution in [2.45, 2.75) is 6.54 Å². The summed E-state index contributed by atoms with van der Waals surface area (Å²) in [6, 6.07) is 13.1. The van der Waals surface area contributed by atoms with Gasteiger partial charge in [-0.2, -0.15) is 0 Å². The molecule has 2 amide bonds. The number of nitrogens with zero attached hydrogens (tertiary/aromatic N) is 3. The highest BCUT2D eigenvalue weighted by Crippen LogP contribution is 2.29. The lowest BCUT2D eigenvalue weighted by Crippen LogP contribution is -2.38. The molecule has 0 bridgehead atoms. The van der Waals surface area contributed by atoms with Crippen molar-refractivity contribution in [2.24, 2.45) is 0 Å². The standard InChI is InChI=1S/C15H13ClN4O3/c16-12-6-2-4-8-14(12)19-10-17-15(21)18(19)9-11-5-1-3-7-13(11)20(22)23/h1-8H,9-10H2,(H,17,21). The van der Waals surface area contributed by atoms with Crippen molar-refractivity contribution >= 4 is 29.0 Å². The largest absolute Gasteiger partial charge is 0.338 e. The van der Waals surface area contributed by atoms with Gasteiger partial charge in [-0.15, -0.1) is 0 Å². The molecule has 1 N–H and O–H groups in total. The number of anilines is 1. The van der Waals surface area contributed by atoms with Gasteiger partial charge in [-0.05, 0) is 12.1 Å². The first-order valence-electron chi connectivity index (χ1n) is 6.87. The van der Waals surface area contributed by atoms with Crippen LogP contribution < -0.4 is 10.3 Å². The van der Waals surface area contributed by atoms with Crippen molar-refractivity contribution in [1.82, 2.24) is 10.3 Å². The number of para-hydroxylation sites is 2. The van der Waals surface area contributed by atoms with Gasteiger partial charge in [0.25, 0.3) is 5.69 Å². The summed E-state index contributed by atoms with van der Waals surface area (Å²) in [5, 5.41) is 17.4. The third-order valence-electron chi connectivity index (χ3n) is 3.54. The van der Waals surface area contributed by atoms with E-state index in [1.807, 2.05) is 6.07 Å². The van der Waals surface area contributed by atoms with Gasteiger partial charge in [-0.3, -0.25) is 15.1 Å². The van der Waals surface area contributed by atoms with E-state index in [9.17, 15) is 14.9 Å². The highest BCUT2D eigenvalue weighted by Gasteiger charge is 2.31. The third kappa shape index (κ3) is 2.91. The fourth-order valence-electron chi connectivity index (χ4n) is 2.45. The number of nitro groups is 1. The van der Waals surface area contributed by atoms with Gasteiger partial charge in [-0.1, -0.05) is 41.9 Å². The summed E-state index contributed by atoms with van der Waals surface area (Å²) in [6.45, 7) is 0.331. The van der Waals surface area contributed by atoms with Gasteiger partial charge < -0.3 is 5.32 Å². The van der Waals surface area contributed by atoms with E-state index in [1.165, 1.54) is 11.1 Å². The van der Waals surface area contributed by atoms with Crippen LogP contribution in [0.1, 0.15) is 5.56 Å². The zero-order chi connectivity index (χ0) is 16.4. The van der Waals surface area contributed by atoms with Crippen molar-refractivity contribution in [2.75, 3.05) is 11.7 Å². The van der Waals surface area contributed by atoms with E-state index in [-0.39, 0.29) is 24.9 Å². The maximum absolute atomic E-state index is 12.1. The Morgan fingerprint density at radius 1 is 1.17 bits per heavy atom. The minimum atomic E-state index is -0.455. The van der Waals surface area contributed by atoms with E-state index in [4.69, 9.17) is 11.6 Å². The van der Waals surface area contributed by atoms with E-state index in [2.05, 4.69) is 5.32 Å². The maximum atomic E-state index is 12.1. The van der Waals surface area contributed by atoms with Crippen molar-refractivity contribution in [1.29, 1.82) is 0 Å². The number of nitrogens with one attached hydrogen (secondary N) is 1. The Labute approximate surface area is 137 Å². The van der Waals surface area contributed by atoms with Crippen LogP contribution in [0.4, 0.5) is 16.2 Å². The lowest BCUT2D eigenvalue weighted by atomic mass is 10.2. The van der Waals surface area contributed by atoms with Crippen LogP contribution in [0.15, 0.2) is 48.5 Å². The second-order valence-electron chi connectivity index (χ2n) is 4.93. The first kappa shape index (κ1) is 15.1. The quantitative estimate of drug-likeness (QED) is 0.689. The lowest BCUT2D eigenvalue weighted by Gasteiger charge is -2.28. The molecule has 0 unspecified atom stereocenters. The Balaban J connectivity index is 1.93. The Hall–Kier alpha value is -2.80. The van der Waals surface area contributed by atoms with Gasteiger partial charge in [-0.25, -0.2) is 9.80 Å². The number of hydrogen-bond acceptors (Lipinski definition) is 4. The van der Waals surface area contributed by atoms with E-state index < -0.39 is 4.92 Å². The van der Waals surface area contributed by atoms with Gasteiger partial charge in [0.1, 0.15) is 6.67 Å². The molecule has 0 radical (unpaired) electrons. The molecule has 0 spiro atoms. The van der Waals surface area contributed by atoms with Crippen LogP contribution in [0.5, 0.6) is 0 Å². The molecule has 1 saturated heterocycles. The molecule has 1 aliphatic rings. The first-order valence-corrected chi connectivity index (χ1v) is 7.25. The molecule has 0 saturated carbocycles. The molecule has 0 atom stereocenters. The summed E-state index contributed by atoms with van der Waals surface area (Å²) in [4.78, 5) is 22.8. The van der Waals surface area contributed by atoms with Gasteiger partial charge >= 0.3 is 6.03 Å². The highest BCUT2D eigenvalue weighted by atomic mass is 35.5. The second-order valence-corrected chi connectivity index (χ2v) is 5.34.